The molecule has 1 saturated heterocycles. The molecule has 36 heteroatoms. The fourth-order valence-electron chi connectivity index (χ4n) is 12.1. The number of rotatable bonds is 51. The molecule has 0 saturated carbocycles. The zero-order valence-corrected chi connectivity index (χ0v) is 68.4. The molecule has 1 aliphatic heterocycles. The molecule has 12 amide bonds. The number of aromatic hydroxyl groups is 1. The smallest absolute Gasteiger partial charge is 0.426 e. The number of aromatic nitrogens is 1. The fourth-order valence-corrected chi connectivity index (χ4v) is 15.0. The molecule has 624 valence electrons. The largest absolute Gasteiger partial charge is 0.508 e. The number of amides is 12. The molecule has 1 fully saturated rings. The van der Waals surface area contributed by atoms with Crippen LogP contribution in [-0.4, -0.2) is 219 Å². The van der Waals surface area contributed by atoms with Gasteiger partial charge in [0.05, 0.1) is 23.9 Å². The number of likely N-dealkylation sites (N-methyl/N-ethyl adjacent to an activating group) is 1. The number of thiazole rings is 1. The number of unbranched alkanes of at least 4 members (excludes halogenated alkanes) is 3. The summed E-state index contributed by atoms with van der Waals surface area (Å²) < 4.78 is 11.5. The van der Waals surface area contributed by atoms with Crippen LogP contribution in [0.25, 0.3) is 0 Å². The van der Waals surface area contributed by atoms with Crippen LogP contribution in [0.4, 0.5) is 14.4 Å². The van der Waals surface area contributed by atoms with Gasteiger partial charge in [0.2, 0.25) is 35.4 Å². The molecule has 0 radical (unpaired) electrons. The number of carbonyl (C=O) groups is 13. The Morgan fingerprint density at radius 2 is 1.39 bits per heavy atom. The SMILES string of the molecule is CCCCCOCN(C(=O)C(NC(=O)C1CCCCN1C)C(C)CC)[C@H](CCc1nc(C(=O)N[C@@H](Cc2ccc(O)cc2)CC(C)C(=O)NNC(=O)OCCSSC[C@@H](C)NC(=O)[C@H](C)NC(=O)C(CC(=O)O)NC(=O)Cc2ccc(CNC(=O)NCCCC[C@@H](C)NC(=O)N[C@@H](CCC(=O)O)C(=O)O)cc2)cs1)C(C)C. The minimum Gasteiger partial charge on any atom is -0.508 e. The van der Waals surface area contributed by atoms with Crippen LogP contribution in [0, 0.1) is 17.8 Å². The van der Waals surface area contributed by atoms with Crippen molar-refractivity contribution < 1.29 is 92.2 Å². The van der Waals surface area contributed by atoms with Crippen molar-refractivity contribution in [1.82, 2.24) is 73.5 Å². The van der Waals surface area contributed by atoms with Gasteiger partial charge in [-0.3, -0.25) is 53.5 Å². The molecular formula is C76H118N14O19S3. The fraction of sp³-hybridized carbons (Fsp3) is 0.632. The number of phenolic OH excluding ortho intramolecular Hbond substituents is 1. The van der Waals surface area contributed by atoms with Crippen LogP contribution in [0.2, 0.25) is 0 Å². The van der Waals surface area contributed by atoms with Gasteiger partial charge in [0, 0.05) is 79.5 Å². The van der Waals surface area contributed by atoms with Crippen LogP contribution in [0.15, 0.2) is 53.9 Å². The van der Waals surface area contributed by atoms with Gasteiger partial charge >= 0.3 is 36.1 Å². The van der Waals surface area contributed by atoms with E-state index in [-0.39, 0.29) is 98.8 Å². The molecule has 11 atom stereocenters. The molecule has 1 aliphatic rings. The molecule has 0 spiro atoms. The number of hydrogen-bond donors (Lipinski definition) is 15. The van der Waals surface area contributed by atoms with Crippen LogP contribution in [0.5, 0.6) is 5.75 Å². The van der Waals surface area contributed by atoms with Crippen molar-refractivity contribution in [2.75, 3.05) is 51.6 Å². The van der Waals surface area contributed by atoms with Gasteiger partial charge in [-0.05, 0) is 139 Å². The van der Waals surface area contributed by atoms with E-state index in [4.69, 9.17) is 19.6 Å². The van der Waals surface area contributed by atoms with Crippen LogP contribution < -0.4 is 58.7 Å². The summed E-state index contributed by atoms with van der Waals surface area (Å²) in [6.07, 6.45) is 6.67. The van der Waals surface area contributed by atoms with Gasteiger partial charge in [-0.15, -0.1) is 11.3 Å². The number of carboxylic acids is 3. The van der Waals surface area contributed by atoms with Crippen LogP contribution in [0.1, 0.15) is 191 Å². The Labute approximate surface area is 667 Å². The second-order valence-electron chi connectivity index (χ2n) is 28.7. The number of carbonyl (C=O) groups excluding carboxylic acids is 10. The number of ether oxygens (including phenoxy) is 2. The Hall–Kier alpha value is -9.00. The van der Waals surface area contributed by atoms with Crippen LogP contribution in [0.3, 0.4) is 0 Å². The van der Waals surface area contributed by atoms with E-state index in [2.05, 4.69) is 84.4 Å². The van der Waals surface area contributed by atoms with Crippen molar-refractivity contribution >= 4 is 110 Å². The second-order valence-corrected chi connectivity index (χ2v) is 32.3. The van der Waals surface area contributed by atoms with Crippen molar-refractivity contribution in [3.05, 3.63) is 81.3 Å². The number of hydrazine groups is 1. The van der Waals surface area contributed by atoms with Crippen molar-refractivity contribution in [1.29, 1.82) is 0 Å². The first kappa shape index (κ1) is 95.4. The average Bonchev–Trinajstić information content (AvgIpc) is 1.52. The molecule has 112 heavy (non-hydrogen) atoms. The Morgan fingerprint density at radius 1 is 0.688 bits per heavy atom. The lowest BCUT2D eigenvalue weighted by molar-refractivity contribution is -0.148. The number of nitrogens with zero attached hydrogens (tertiary/aromatic N) is 3. The highest BCUT2D eigenvalue weighted by molar-refractivity contribution is 8.76. The molecule has 15 N–H and O–H groups in total. The van der Waals surface area contributed by atoms with Gasteiger partial charge in [0.25, 0.3) is 5.91 Å². The van der Waals surface area contributed by atoms with Gasteiger partial charge in [-0.2, -0.15) is 0 Å². The number of urea groups is 2. The maximum atomic E-state index is 14.9. The highest BCUT2D eigenvalue weighted by atomic mass is 33.1. The van der Waals surface area contributed by atoms with E-state index in [0.717, 1.165) is 50.6 Å². The van der Waals surface area contributed by atoms with Gasteiger partial charge in [-0.1, -0.05) is 125 Å². The maximum Gasteiger partial charge on any atom is 0.426 e. The molecule has 0 aliphatic carbocycles. The van der Waals surface area contributed by atoms with Crippen molar-refractivity contribution in [3.8, 4) is 5.75 Å². The number of likely N-dealkylation sites (tertiary alicyclic amines) is 1. The number of benzene rings is 2. The van der Waals surface area contributed by atoms with E-state index < -0.39 is 121 Å². The summed E-state index contributed by atoms with van der Waals surface area (Å²) in [6.45, 7) is 18.5. The monoisotopic (exact) mass is 1630 g/mol. The third kappa shape index (κ3) is 37.1. The molecular weight excluding hydrogens is 1510 g/mol. The summed E-state index contributed by atoms with van der Waals surface area (Å²) in [5.41, 5.74) is 6.81. The third-order valence-electron chi connectivity index (χ3n) is 18.8. The molecule has 0 bridgehead atoms. The van der Waals surface area contributed by atoms with E-state index >= 15 is 0 Å². The zero-order valence-electron chi connectivity index (χ0n) is 66.0. The average molecular weight is 1630 g/mol. The van der Waals surface area contributed by atoms with E-state index in [9.17, 15) is 77.6 Å². The molecule has 33 nitrogen and oxygen atoms in total. The summed E-state index contributed by atoms with van der Waals surface area (Å²) in [5.74, 6) is -7.55. The number of piperidine rings is 1. The topological polar surface area (TPSA) is 473 Å². The summed E-state index contributed by atoms with van der Waals surface area (Å²) in [4.78, 5) is 175. The summed E-state index contributed by atoms with van der Waals surface area (Å²) in [6, 6.07) is 5.18. The van der Waals surface area contributed by atoms with Gasteiger partial charge in [0.1, 0.15) is 48.9 Å². The van der Waals surface area contributed by atoms with E-state index in [0.29, 0.717) is 79.3 Å². The highest BCUT2D eigenvalue weighted by Gasteiger charge is 2.38. The third-order valence-corrected chi connectivity index (χ3v) is 22.2. The van der Waals surface area contributed by atoms with Crippen molar-refractivity contribution in [2.45, 2.75) is 239 Å². The van der Waals surface area contributed by atoms with E-state index in [1.165, 1.54) is 52.0 Å². The lowest BCUT2D eigenvalue weighted by atomic mass is 9.93. The first-order valence-electron chi connectivity index (χ1n) is 38.4. The summed E-state index contributed by atoms with van der Waals surface area (Å²) in [7, 11) is 4.65. The Balaban J connectivity index is 1.17. The molecule has 4 rings (SSSR count). The van der Waals surface area contributed by atoms with Gasteiger partial charge in [0.15, 0.2) is 0 Å². The standard InChI is InChI=1S/C76H118N14O19S3/c1-11-13-18-35-108-45-90(72(102)66(47(5)12-2)86-71(101)61-20-15-17-34-89(61)10)60(46(3)4)30-31-63-84-59(44-110-63)70(100)82-55(39-52-25-27-56(91)28-26-52)38-48(6)67(97)87-88-76(107)109-36-37-111-112-43-50(8)79-68(98)51(9)81-69(99)58(41-65(95)96)83-62(92)40-53-21-23-54(24-22-53)42-78-74(105)77-33-16-14-19-49(7)80-75(106)85-57(73(103)104)29-32-64(93)94/h21-28,44,46-51,55,57-58,60-61,66,91H,11-20,29-43,45H2,1-10H3,(H,79,98)(H,81,99)(H,82,100)(H,83,92)(H,86,101)(H,87,97)(H,88,107)(H,93,94)(H,95,96)(H,103,104)(H2,77,78,105)(H2,80,85,106)/t47?,48?,49-,50-,51+,55-,57+,58?,60-,61?,66?/m1/s1. The first-order valence-corrected chi connectivity index (χ1v) is 41.8. The zero-order chi connectivity index (χ0) is 82.8. The van der Waals surface area contributed by atoms with E-state index in [1.807, 2.05) is 20.9 Å². The normalized spacial score (nSPS) is 15.5. The molecule has 2 aromatic carbocycles. The first-order chi connectivity index (χ1) is 53.3. The highest BCUT2D eigenvalue weighted by Crippen LogP contribution is 2.26. The number of aryl methyl sites for hydroxylation is 1. The molecule has 1 aromatic heterocycles. The predicted molar refractivity (Wildman–Crippen MR) is 425 cm³/mol. The summed E-state index contributed by atoms with van der Waals surface area (Å²) >= 11 is 1.32. The van der Waals surface area contributed by atoms with Crippen molar-refractivity contribution in [2.24, 2.45) is 17.8 Å². The number of carboxylic acid groups (broad SMARTS) is 3. The van der Waals surface area contributed by atoms with Crippen LogP contribution in [-0.2, 0) is 78.4 Å². The van der Waals surface area contributed by atoms with Crippen LogP contribution >= 0.6 is 32.9 Å². The number of nitrogens with one attached hydrogen (secondary N) is 11. The minimum absolute atomic E-state index is 0.00520. The van der Waals surface area contributed by atoms with Gasteiger partial charge in [-0.25, -0.2) is 29.6 Å². The molecule has 3 aromatic rings. The lowest BCUT2D eigenvalue weighted by Gasteiger charge is -2.39. The van der Waals surface area contributed by atoms with E-state index in [1.54, 1.807) is 67.4 Å². The second kappa shape index (κ2) is 51.6. The Bertz CT molecular complexity index is 3500. The Kier molecular flexibility index (Phi) is 43.9. The summed E-state index contributed by atoms with van der Waals surface area (Å²) in [5, 5.41) is 64.2. The molecule has 5 unspecified atom stereocenters. The quantitative estimate of drug-likeness (QED) is 0.0124. The predicted octanol–water partition coefficient (Wildman–Crippen LogP) is 6.51. The minimum atomic E-state index is -1.52. The number of phenols is 1. The molecule has 2 heterocycles. The maximum absolute atomic E-state index is 14.9. The van der Waals surface area contributed by atoms with Crippen molar-refractivity contribution in [3.63, 3.8) is 0 Å². The van der Waals surface area contributed by atoms with Gasteiger partial charge < -0.3 is 82.7 Å². The number of hydrogen-bond acceptors (Lipinski definition) is 21. The Morgan fingerprint density at radius 3 is 2.05 bits per heavy atom. The number of aliphatic carboxylic acids is 3. The lowest BCUT2D eigenvalue weighted by Crippen LogP contribution is -2.59.